The maximum atomic E-state index is 10.8. The van der Waals surface area contributed by atoms with Crippen LogP contribution in [0.1, 0.15) is 11.3 Å². The summed E-state index contributed by atoms with van der Waals surface area (Å²) in [6, 6.07) is 7.50. The van der Waals surface area contributed by atoms with E-state index in [1.165, 1.54) is 4.68 Å². The fourth-order valence-electron chi connectivity index (χ4n) is 1.57. The van der Waals surface area contributed by atoms with Crippen LogP contribution in [0.2, 0.25) is 5.15 Å². The van der Waals surface area contributed by atoms with Crippen molar-refractivity contribution in [2.75, 3.05) is 0 Å². The molecule has 5 nitrogen and oxygen atoms in total. The number of halogens is 1. The zero-order chi connectivity index (χ0) is 12.4. The fraction of sp³-hybridized carbons (Fsp3) is 0.182. The van der Waals surface area contributed by atoms with Crippen LogP contribution in [-0.4, -0.2) is 26.1 Å². The lowest BCUT2D eigenvalue weighted by molar-refractivity contribution is -0.136. The number of para-hydroxylation sites is 1. The van der Waals surface area contributed by atoms with E-state index < -0.39 is 5.97 Å². The van der Waals surface area contributed by atoms with Crippen molar-refractivity contribution >= 4 is 17.6 Å². The Kier molecular flexibility index (Phi) is 3.10. The number of carboxylic acids is 1. The SMILES string of the molecule is Cc1ccccc1-n1nnc(Cl)c1CC(=O)O. The van der Waals surface area contributed by atoms with E-state index in [-0.39, 0.29) is 11.6 Å². The van der Waals surface area contributed by atoms with E-state index in [4.69, 9.17) is 16.7 Å². The second kappa shape index (κ2) is 4.55. The van der Waals surface area contributed by atoms with Gasteiger partial charge < -0.3 is 5.11 Å². The summed E-state index contributed by atoms with van der Waals surface area (Å²) < 4.78 is 1.46. The quantitative estimate of drug-likeness (QED) is 0.904. The Bertz CT molecular complexity index is 566. The summed E-state index contributed by atoms with van der Waals surface area (Å²) in [6.45, 7) is 1.91. The highest BCUT2D eigenvalue weighted by atomic mass is 35.5. The van der Waals surface area contributed by atoms with Gasteiger partial charge in [-0.25, -0.2) is 4.68 Å². The molecule has 0 aliphatic carbocycles. The molecule has 0 saturated heterocycles. The van der Waals surface area contributed by atoms with E-state index in [0.717, 1.165) is 11.3 Å². The molecule has 0 spiro atoms. The molecule has 0 amide bonds. The number of hydrogen-bond donors (Lipinski definition) is 1. The Hall–Kier alpha value is -1.88. The van der Waals surface area contributed by atoms with E-state index in [1.807, 2.05) is 31.2 Å². The standard InChI is InChI=1S/C11H10ClN3O2/c1-7-4-2-3-5-8(7)15-9(6-10(16)17)11(12)13-14-15/h2-5H,6H2,1H3,(H,16,17). The third-order valence-corrected chi connectivity index (χ3v) is 2.67. The van der Waals surface area contributed by atoms with Crippen LogP contribution < -0.4 is 0 Å². The van der Waals surface area contributed by atoms with Crippen LogP contribution >= 0.6 is 11.6 Å². The molecule has 88 valence electrons. The van der Waals surface area contributed by atoms with Gasteiger partial charge in [0.2, 0.25) is 0 Å². The van der Waals surface area contributed by atoms with Gasteiger partial charge >= 0.3 is 5.97 Å². The molecule has 0 fully saturated rings. The minimum atomic E-state index is -0.968. The third-order valence-electron chi connectivity index (χ3n) is 2.38. The Morgan fingerprint density at radius 2 is 2.18 bits per heavy atom. The maximum absolute atomic E-state index is 10.8. The topological polar surface area (TPSA) is 68.0 Å². The van der Waals surface area contributed by atoms with Crippen LogP contribution in [-0.2, 0) is 11.2 Å². The molecule has 0 aliphatic rings. The predicted octanol–water partition coefficient (Wildman–Crippen LogP) is 1.86. The van der Waals surface area contributed by atoms with E-state index in [2.05, 4.69) is 10.3 Å². The number of aromatic nitrogens is 3. The molecule has 1 heterocycles. The van der Waals surface area contributed by atoms with Crippen LogP contribution in [0.4, 0.5) is 0 Å². The predicted molar refractivity (Wildman–Crippen MR) is 62.4 cm³/mol. The minimum Gasteiger partial charge on any atom is -0.481 e. The Morgan fingerprint density at radius 1 is 1.47 bits per heavy atom. The summed E-state index contributed by atoms with van der Waals surface area (Å²) >= 11 is 5.83. The van der Waals surface area contributed by atoms with Crippen molar-refractivity contribution in [2.45, 2.75) is 13.3 Å². The number of benzene rings is 1. The van der Waals surface area contributed by atoms with Gasteiger partial charge in [0.15, 0.2) is 5.15 Å². The largest absolute Gasteiger partial charge is 0.481 e. The van der Waals surface area contributed by atoms with Crippen LogP contribution in [0.3, 0.4) is 0 Å². The van der Waals surface area contributed by atoms with Crippen LogP contribution in [0.15, 0.2) is 24.3 Å². The first-order valence-corrected chi connectivity index (χ1v) is 5.35. The third kappa shape index (κ3) is 2.29. The zero-order valence-corrected chi connectivity index (χ0v) is 9.85. The highest BCUT2D eigenvalue weighted by Crippen LogP contribution is 2.19. The normalized spacial score (nSPS) is 10.5. The number of nitrogens with zero attached hydrogens (tertiary/aromatic N) is 3. The smallest absolute Gasteiger partial charge is 0.309 e. The average Bonchev–Trinajstić information content (AvgIpc) is 2.61. The molecule has 2 aromatic rings. The van der Waals surface area contributed by atoms with Gasteiger partial charge in [0.1, 0.15) is 0 Å². The molecule has 0 aliphatic heterocycles. The molecule has 0 atom stereocenters. The number of carbonyl (C=O) groups is 1. The molecule has 0 unspecified atom stereocenters. The summed E-state index contributed by atoms with van der Waals surface area (Å²) in [5.74, 6) is -0.968. The summed E-state index contributed by atoms with van der Waals surface area (Å²) in [5.41, 5.74) is 2.14. The van der Waals surface area contributed by atoms with Gasteiger partial charge in [0.25, 0.3) is 0 Å². The molecule has 1 N–H and O–H groups in total. The van der Waals surface area contributed by atoms with E-state index >= 15 is 0 Å². The van der Waals surface area contributed by atoms with Gasteiger partial charge in [0, 0.05) is 0 Å². The zero-order valence-electron chi connectivity index (χ0n) is 9.09. The van der Waals surface area contributed by atoms with E-state index in [0.29, 0.717) is 5.69 Å². The van der Waals surface area contributed by atoms with Crippen molar-refractivity contribution in [3.8, 4) is 5.69 Å². The first kappa shape index (κ1) is 11.6. The second-order valence-electron chi connectivity index (χ2n) is 3.60. The summed E-state index contributed by atoms with van der Waals surface area (Å²) in [4.78, 5) is 10.8. The molecule has 2 rings (SSSR count). The summed E-state index contributed by atoms with van der Waals surface area (Å²) in [6.07, 6.45) is -0.208. The van der Waals surface area contributed by atoms with E-state index in [9.17, 15) is 4.79 Å². The van der Waals surface area contributed by atoms with Crippen molar-refractivity contribution in [1.29, 1.82) is 0 Å². The molecule has 0 saturated carbocycles. The first-order valence-electron chi connectivity index (χ1n) is 4.97. The summed E-state index contributed by atoms with van der Waals surface area (Å²) in [7, 11) is 0. The lowest BCUT2D eigenvalue weighted by atomic mass is 10.2. The average molecular weight is 252 g/mol. The van der Waals surface area contributed by atoms with Gasteiger partial charge in [-0.05, 0) is 18.6 Å². The van der Waals surface area contributed by atoms with Crippen molar-refractivity contribution in [2.24, 2.45) is 0 Å². The molecule has 1 aromatic heterocycles. The van der Waals surface area contributed by atoms with Crippen molar-refractivity contribution < 1.29 is 9.90 Å². The second-order valence-corrected chi connectivity index (χ2v) is 3.95. The molecular weight excluding hydrogens is 242 g/mol. The van der Waals surface area contributed by atoms with Crippen LogP contribution in [0.5, 0.6) is 0 Å². The van der Waals surface area contributed by atoms with Crippen molar-refractivity contribution in [3.63, 3.8) is 0 Å². The molecular formula is C11H10ClN3O2. The van der Waals surface area contributed by atoms with Gasteiger partial charge in [-0.1, -0.05) is 35.0 Å². The monoisotopic (exact) mass is 251 g/mol. The van der Waals surface area contributed by atoms with Crippen molar-refractivity contribution in [3.05, 3.63) is 40.7 Å². The number of carboxylic acid groups (broad SMARTS) is 1. The molecule has 1 aromatic carbocycles. The summed E-state index contributed by atoms with van der Waals surface area (Å²) in [5, 5.41) is 16.5. The highest BCUT2D eigenvalue weighted by molar-refractivity contribution is 6.30. The maximum Gasteiger partial charge on any atom is 0.309 e. The Labute approximate surface area is 103 Å². The lowest BCUT2D eigenvalue weighted by Crippen LogP contribution is -2.09. The van der Waals surface area contributed by atoms with Crippen LogP contribution in [0, 0.1) is 6.92 Å². The van der Waals surface area contributed by atoms with Crippen LogP contribution in [0.25, 0.3) is 5.69 Å². The van der Waals surface area contributed by atoms with Gasteiger partial charge in [-0.15, -0.1) is 5.10 Å². The van der Waals surface area contributed by atoms with E-state index in [1.54, 1.807) is 0 Å². The van der Waals surface area contributed by atoms with Gasteiger partial charge in [-0.2, -0.15) is 0 Å². The first-order chi connectivity index (χ1) is 8.09. The number of hydrogen-bond acceptors (Lipinski definition) is 3. The highest BCUT2D eigenvalue weighted by Gasteiger charge is 2.16. The number of rotatable bonds is 3. The van der Waals surface area contributed by atoms with Gasteiger partial charge in [0.05, 0.1) is 17.8 Å². The van der Waals surface area contributed by atoms with Gasteiger partial charge in [-0.3, -0.25) is 4.79 Å². The molecule has 17 heavy (non-hydrogen) atoms. The Balaban J connectivity index is 2.53. The molecule has 0 radical (unpaired) electrons. The minimum absolute atomic E-state index is 0.121. The molecule has 0 bridgehead atoms. The Morgan fingerprint density at radius 3 is 2.82 bits per heavy atom. The number of aryl methyl sites for hydroxylation is 1. The molecule has 6 heteroatoms. The fourth-order valence-corrected chi connectivity index (χ4v) is 1.75. The lowest BCUT2D eigenvalue weighted by Gasteiger charge is -2.07. The number of aliphatic carboxylic acids is 1. The van der Waals surface area contributed by atoms with Crippen molar-refractivity contribution in [1.82, 2.24) is 15.0 Å².